The molecule has 2 aliphatic heterocycles. The topological polar surface area (TPSA) is 90.0 Å². The number of anilines is 1. The van der Waals surface area contributed by atoms with Gasteiger partial charge in [0, 0.05) is 37.3 Å². The second-order valence-corrected chi connectivity index (χ2v) is 10.6. The predicted octanol–water partition coefficient (Wildman–Crippen LogP) is 2.65. The molecule has 1 N–H and O–H groups in total. The number of amides is 3. The molecular weight excluding hydrogens is 464 g/mol. The SMILES string of the molecule is CC(C)C[C@H](NC(=O)c1ccc(N(C)C)cc1)C(=O)N1CCC2[C@H]1C(=O)CN2C(=O)c1ccsc1. The minimum atomic E-state index is -0.746. The predicted molar refractivity (Wildman–Crippen MR) is 136 cm³/mol. The van der Waals surface area contributed by atoms with Gasteiger partial charge in [-0.15, -0.1) is 0 Å². The highest BCUT2D eigenvalue weighted by Gasteiger charge is 2.52. The standard InChI is InChI=1S/C26H32N4O4S/c1-16(2)13-20(27-24(32)17-5-7-19(8-6-17)28(3)4)26(34)29-11-9-21-23(29)22(31)14-30(21)25(33)18-10-12-35-15-18/h5-8,10,12,15-16,20-21,23H,9,11,13-14H2,1-4H3,(H,27,32)/t20-,21?,23-/m0/s1. The Morgan fingerprint density at radius 3 is 2.40 bits per heavy atom. The molecule has 2 saturated heterocycles. The van der Waals surface area contributed by atoms with Gasteiger partial charge >= 0.3 is 0 Å². The second-order valence-electron chi connectivity index (χ2n) is 9.84. The first-order chi connectivity index (χ1) is 16.7. The summed E-state index contributed by atoms with van der Waals surface area (Å²) in [6, 6.07) is 7.21. The maximum atomic E-state index is 13.6. The van der Waals surface area contributed by atoms with E-state index >= 15 is 0 Å². The van der Waals surface area contributed by atoms with Crippen molar-refractivity contribution in [1.29, 1.82) is 0 Å². The van der Waals surface area contributed by atoms with Crippen molar-refractivity contribution in [3.63, 3.8) is 0 Å². The molecule has 2 fully saturated rings. The number of nitrogens with zero attached hydrogens (tertiary/aromatic N) is 3. The molecule has 35 heavy (non-hydrogen) atoms. The van der Waals surface area contributed by atoms with Crippen LogP contribution >= 0.6 is 11.3 Å². The molecule has 186 valence electrons. The number of carbonyl (C=O) groups excluding carboxylic acids is 4. The number of nitrogens with one attached hydrogen (secondary N) is 1. The lowest BCUT2D eigenvalue weighted by Crippen LogP contribution is -2.53. The van der Waals surface area contributed by atoms with Gasteiger partial charge in [0.25, 0.3) is 11.8 Å². The molecule has 3 amide bonds. The molecule has 3 heterocycles. The maximum absolute atomic E-state index is 13.6. The van der Waals surface area contributed by atoms with Gasteiger partial charge in [-0.25, -0.2) is 0 Å². The first-order valence-electron chi connectivity index (χ1n) is 11.9. The third-order valence-electron chi connectivity index (χ3n) is 6.69. The van der Waals surface area contributed by atoms with Gasteiger partial charge in [0.2, 0.25) is 5.91 Å². The van der Waals surface area contributed by atoms with Crippen LogP contribution in [0.3, 0.4) is 0 Å². The summed E-state index contributed by atoms with van der Waals surface area (Å²) >= 11 is 1.43. The largest absolute Gasteiger partial charge is 0.378 e. The smallest absolute Gasteiger partial charge is 0.255 e. The Morgan fingerprint density at radius 2 is 1.80 bits per heavy atom. The lowest BCUT2D eigenvalue weighted by atomic mass is 10.0. The monoisotopic (exact) mass is 496 g/mol. The van der Waals surface area contributed by atoms with Crippen molar-refractivity contribution in [3.8, 4) is 0 Å². The number of hydrogen-bond acceptors (Lipinski definition) is 6. The molecule has 0 spiro atoms. The minimum Gasteiger partial charge on any atom is -0.378 e. The molecule has 8 nitrogen and oxygen atoms in total. The van der Waals surface area contributed by atoms with E-state index in [2.05, 4.69) is 5.32 Å². The molecule has 1 unspecified atom stereocenters. The zero-order valence-corrected chi connectivity index (χ0v) is 21.4. The molecule has 2 aromatic rings. The number of Topliss-reactive ketones (excluding diaryl/α,β-unsaturated/α-hetero) is 1. The van der Waals surface area contributed by atoms with Gasteiger partial charge in [-0.2, -0.15) is 11.3 Å². The molecule has 9 heteroatoms. The number of hydrogen-bond donors (Lipinski definition) is 1. The van der Waals surface area contributed by atoms with Crippen LogP contribution in [-0.4, -0.2) is 78.6 Å². The summed E-state index contributed by atoms with van der Waals surface area (Å²) in [5.41, 5.74) is 2.01. The molecule has 2 aliphatic rings. The van der Waals surface area contributed by atoms with E-state index in [0.717, 1.165) is 5.69 Å². The summed E-state index contributed by atoms with van der Waals surface area (Å²) in [7, 11) is 3.85. The van der Waals surface area contributed by atoms with Gasteiger partial charge in [-0.3, -0.25) is 19.2 Å². The fraction of sp³-hybridized carbons (Fsp3) is 0.462. The van der Waals surface area contributed by atoms with Crippen molar-refractivity contribution in [1.82, 2.24) is 15.1 Å². The molecular formula is C26H32N4O4S. The highest BCUT2D eigenvalue weighted by molar-refractivity contribution is 7.08. The zero-order chi connectivity index (χ0) is 25.3. The number of carbonyl (C=O) groups is 4. The van der Waals surface area contributed by atoms with Crippen LogP contribution in [-0.2, 0) is 9.59 Å². The first-order valence-corrected chi connectivity index (χ1v) is 12.9. The Labute approximate surface area is 209 Å². The Bertz CT molecular complexity index is 1100. The summed E-state index contributed by atoms with van der Waals surface area (Å²) in [6.07, 6.45) is 1.01. The average molecular weight is 497 g/mol. The molecule has 4 rings (SSSR count). The molecule has 0 radical (unpaired) electrons. The molecule has 1 aromatic carbocycles. The van der Waals surface area contributed by atoms with E-state index in [1.165, 1.54) is 11.3 Å². The number of fused-ring (bicyclic) bond motifs is 1. The number of ketones is 1. The normalized spacial score (nSPS) is 20.2. The number of thiophene rings is 1. The Kier molecular flexibility index (Phi) is 7.25. The van der Waals surface area contributed by atoms with Crippen LogP contribution in [0.5, 0.6) is 0 Å². The molecule has 0 aliphatic carbocycles. The Balaban J connectivity index is 1.49. The van der Waals surface area contributed by atoms with E-state index < -0.39 is 12.1 Å². The van der Waals surface area contributed by atoms with Crippen LogP contribution in [0.15, 0.2) is 41.1 Å². The average Bonchev–Trinajstić information content (AvgIpc) is 3.56. The Hall–Kier alpha value is -3.20. The van der Waals surface area contributed by atoms with E-state index in [1.807, 2.05) is 50.4 Å². The zero-order valence-electron chi connectivity index (χ0n) is 20.6. The molecule has 1 aromatic heterocycles. The maximum Gasteiger partial charge on any atom is 0.255 e. The second kappa shape index (κ2) is 10.2. The number of rotatable bonds is 7. The van der Waals surface area contributed by atoms with Gasteiger partial charge in [0.15, 0.2) is 5.78 Å². The van der Waals surface area contributed by atoms with Crippen LogP contribution in [0.1, 0.15) is 47.4 Å². The third kappa shape index (κ3) is 5.10. The summed E-state index contributed by atoms with van der Waals surface area (Å²) in [6.45, 7) is 4.38. The van der Waals surface area contributed by atoms with Gasteiger partial charge in [-0.1, -0.05) is 13.8 Å². The highest BCUT2D eigenvalue weighted by atomic mass is 32.1. The summed E-state index contributed by atoms with van der Waals surface area (Å²) in [5.74, 6) is -0.720. The van der Waals surface area contributed by atoms with Gasteiger partial charge in [-0.05, 0) is 54.5 Å². The van der Waals surface area contributed by atoms with Crippen LogP contribution in [0.25, 0.3) is 0 Å². The minimum absolute atomic E-state index is 0.00717. The van der Waals surface area contributed by atoms with E-state index in [9.17, 15) is 19.2 Å². The van der Waals surface area contributed by atoms with E-state index in [0.29, 0.717) is 30.5 Å². The number of likely N-dealkylation sites (tertiary alicyclic amines) is 2. The van der Waals surface area contributed by atoms with Crippen molar-refractivity contribution in [2.75, 3.05) is 32.1 Å². The van der Waals surface area contributed by atoms with Crippen LogP contribution < -0.4 is 10.2 Å². The van der Waals surface area contributed by atoms with E-state index in [-0.39, 0.29) is 42.0 Å². The molecule has 0 bridgehead atoms. The molecule has 3 atom stereocenters. The van der Waals surface area contributed by atoms with Crippen LogP contribution in [0.4, 0.5) is 5.69 Å². The summed E-state index contributed by atoms with van der Waals surface area (Å²) in [5, 5.41) is 6.52. The van der Waals surface area contributed by atoms with Gasteiger partial charge in [0.1, 0.15) is 12.1 Å². The van der Waals surface area contributed by atoms with Crippen molar-refractivity contribution >= 4 is 40.5 Å². The fourth-order valence-corrected chi connectivity index (χ4v) is 5.57. The molecule has 0 saturated carbocycles. The van der Waals surface area contributed by atoms with E-state index in [1.54, 1.807) is 33.4 Å². The van der Waals surface area contributed by atoms with Crippen LogP contribution in [0.2, 0.25) is 0 Å². The number of benzene rings is 1. The van der Waals surface area contributed by atoms with E-state index in [4.69, 9.17) is 0 Å². The summed E-state index contributed by atoms with van der Waals surface area (Å²) < 4.78 is 0. The lowest BCUT2D eigenvalue weighted by molar-refractivity contribution is -0.138. The van der Waals surface area contributed by atoms with Gasteiger partial charge in [0.05, 0.1) is 18.2 Å². The lowest BCUT2D eigenvalue weighted by Gasteiger charge is -2.29. The third-order valence-corrected chi connectivity index (χ3v) is 7.37. The van der Waals surface area contributed by atoms with Crippen molar-refractivity contribution in [2.45, 2.75) is 44.8 Å². The Morgan fingerprint density at radius 1 is 1.09 bits per heavy atom. The quantitative estimate of drug-likeness (QED) is 0.637. The van der Waals surface area contributed by atoms with Gasteiger partial charge < -0.3 is 20.0 Å². The first kappa shape index (κ1) is 24.9. The van der Waals surface area contributed by atoms with Crippen molar-refractivity contribution in [2.24, 2.45) is 5.92 Å². The summed E-state index contributed by atoms with van der Waals surface area (Å²) in [4.78, 5) is 57.6. The fourth-order valence-electron chi connectivity index (χ4n) is 4.94. The van der Waals surface area contributed by atoms with Crippen molar-refractivity contribution in [3.05, 3.63) is 52.2 Å². The van der Waals surface area contributed by atoms with Crippen LogP contribution in [0, 0.1) is 5.92 Å². The highest BCUT2D eigenvalue weighted by Crippen LogP contribution is 2.32. The van der Waals surface area contributed by atoms with Crippen molar-refractivity contribution < 1.29 is 19.2 Å².